The van der Waals surface area contributed by atoms with E-state index >= 15 is 0 Å². The molecule has 156 valence electrons. The number of benzene rings is 3. The molecule has 6 nitrogen and oxygen atoms in total. The third kappa shape index (κ3) is 4.48. The minimum absolute atomic E-state index is 0.112. The van der Waals surface area contributed by atoms with E-state index in [1.165, 1.54) is 4.57 Å². The van der Waals surface area contributed by atoms with E-state index < -0.39 is 5.69 Å². The van der Waals surface area contributed by atoms with Gasteiger partial charge in [0.05, 0.1) is 5.52 Å². The molecule has 0 aliphatic rings. The summed E-state index contributed by atoms with van der Waals surface area (Å²) in [6.45, 7) is 4.32. The first kappa shape index (κ1) is 20.3. The number of hydrogen-bond acceptors (Lipinski definition) is 4. The second-order valence-corrected chi connectivity index (χ2v) is 7.50. The van der Waals surface area contributed by atoms with E-state index in [2.05, 4.69) is 15.6 Å². The zero-order chi connectivity index (χ0) is 21.8. The third-order valence-corrected chi connectivity index (χ3v) is 5.24. The highest BCUT2D eigenvalue weighted by Crippen LogP contribution is 2.21. The van der Waals surface area contributed by atoms with Gasteiger partial charge in [0.15, 0.2) is 0 Å². The van der Waals surface area contributed by atoms with E-state index in [1.807, 2.05) is 86.6 Å². The number of nitrogens with zero attached hydrogens (tertiary/aromatic N) is 2. The molecule has 1 amide bonds. The van der Waals surface area contributed by atoms with Gasteiger partial charge in [0, 0.05) is 17.6 Å². The van der Waals surface area contributed by atoms with Gasteiger partial charge in [0.25, 0.3) is 0 Å². The summed E-state index contributed by atoms with van der Waals surface area (Å²) in [7, 11) is 0. The molecule has 31 heavy (non-hydrogen) atoms. The Bertz CT molecular complexity index is 1280. The van der Waals surface area contributed by atoms with Crippen LogP contribution in [0.25, 0.3) is 10.9 Å². The standard InChI is InChI=1S/C25H24N4O2/c1-17-9-8-10-18(2)23(17)27-22(30)16-29-21-14-7-6-13-20(21)24(28-25(29)31)26-15-19-11-4-3-5-12-19/h3-14H,15-16H2,1-2H3,(H,27,30)(H,26,28,31). The van der Waals surface area contributed by atoms with Crippen LogP contribution in [0.3, 0.4) is 0 Å². The van der Waals surface area contributed by atoms with Crippen molar-refractivity contribution >= 4 is 28.3 Å². The lowest BCUT2D eigenvalue weighted by molar-refractivity contribution is -0.116. The topological polar surface area (TPSA) is 76.0 Å². The Hall–Kier alpha value is -3.93. The maximum atomic E-state index is 12.8. The highest BCUT2D eigenvalue weighted by molar-refractivity contribution is 5.94. The molecule has 3 aromatic carbocycles. The van der Waals surface area contributed by atoms with Crippen molar-refractivity contribution in [1.82, 2.24) is 9.55 Å². The van der Waals surface area contributed by atoms with Crippen molar-refractivity contribution in [2.75, 3.05) is 10.6 Å². The van der Waals surface area contributed by atoms with Gasteiger partial charge in [-0.25, -0.2) is 4.79 Å². The smallest absolute Gasteiger partial charge is 0.350 e. The number of carbonyl (C=O) groups is 1. The summed E-state index contributed by atoms with van der Waals surface area (Å²) in [5, 5.41) is 6.98. The van der Waals surface area contributed by atoms with Crippen LogP contribution in [0, 0.1) is 13.8 Å². The molecule has 6 heteroatoms. The second-order valence-electron chi connectivity index (χ2n) is 7.50. The van der Waals surface area contributed by atoms with Gasteiger partial charge >= 0.3 is 5.69 Å². The molecule has 0 saturated carbocycles. The van der Waals surface area contributed by atoms with Crippen LogP contribution >= 0.6 is 0 Å². The maximum absolute atomic E-state index is 12.8. The lowest BCUT2D eigenvalue weighted by atomic mass is 10.1. The van der Waals surface area contributed by atoms with Crippen LogP contribution in [0.1, 0.15) is 16.7 Å². The molecule has 4 rings (SSSR count). The Morgan fingerprint density at radius 3 is 2.32 bits per heavy atom. The van der Waals surface area contributed by atoms with Crippen LogP contribution in [-0.2, 0) is 17.9 Å². The van der Waals surface area contributed by atoms with E-state index in [0.29, 0.717) is 17.9 Å². The first-order chi connectivity index (χ1) is 15.0. The minimum Gasteiger partial charge on any atom is -0.365 e. The zero-order valence-electron chi connectivity index (χ0n) is 17.6. The molecule has 0 saturated heterocycles. The SMILES string of the molecule is Cc1cccc(C)c1NC(=O)Cn1c(=O)nc(NCc2ccccc2)c2ccccc21. The molecule has 0 aliphatic carbocycles. The molecule has 4 aromatic rings. The van der Waals surface area contributed by atoms with E-state index in [4.69, 9.17) is 0 Å². The molecule has 0 bridgehead atoms. The van der Waals surface area contributed by atoms with Crippen LogP contribution in [0.4, 0.5) is 11.5 Å². The van der Waals surface area contributed by atoms with E-state index in [9.17, 15) is 9.59 Å². The lowest BCUT2D eigenvalue weighted by Gasteiger charge is -2.15. The summed E-state index contributed by atoms with van der Waals surface area (Å²) in [4.78, 5) is 29.8. The fraction of sp³-hybridized carbons (Fsp3) is 0.160. The van der Waals surface area contributed by atoms with Gasteiger partial charge in [-0.1, -0.05) is 60.7 Å². The molecular formula is C25H24N4O2. The van der Waals surface area contributed by atoms with Gasteiger partial charge in [0.2, 0.25) is 5.91 Å². The first-order valence-electron chi connectivity index (χ1n) is 10.2. The number of carbonyl (C=O) groups excluding carboxylic acids is 1. The molecule has 2 N–H and O–H groups in total. The highest BCUT2D eigenvalue weighted by atomic mass is 16.2. The van der Waals surface area contributed by atoms with Gasteiger partial charge in [-0.05, 0) is 42.7 Å². The number of rotatable bonds is 6. The van der Waals surface area contributed by atoms with Crippen molar-refractivity contribution in [3.05, 3.63) is 100.0 Å². The quantitative estimate of drug-likeness (QED) is 0.496. The normalized spacial score (nSPS) is 10.8. The number of amides is 1. The summed E-state index contributed by atoms with van der Waals surface area (Å²) in [6.07, 6.45) is 0. The number of para-hydroxylation sites is 2. The molecule has 0 atom stereocenters. The van der Waals surface area contributed by atoms with Gasteiger partial charge < -0.3 is 10.6 Å². The Labute approximate surface area is 180 Å². The predicted octanol–water partition coefficient (Wildman–Crippen LogP) is 4.26. The van der Waals surface area contributed by atoms with Crippen molar-refractivity contribution < 1.29 is 4.79 Å². The van der Waals surface area contributed by atoms with Crippen LogP contribution in [0.15, 0.2) is 77.6 Å². The predicted molar refractivity (Wildman–Crippen MR) is 124 cm³/mol. The van der Waals surface area contributed by atoms with Crippen molar-refractivity contribution in [3.63, 3.8) is 0 Å². The molecule has 0 fully saturated rings. The molecule has 1 heterocycles. The zero-order valence-corrected chi connectivity index (χ0v) is 17.6. The Balaban J connectivity index is 1.62. The Morgan fingerprint density at radius 2 is 1.58 bits per heavy atom. The second kappa shape index (κ2) is 8.83. The Morgan fingerprint density at radius 1 is 0.903 bits per heavy atom. The van der Waals surface area contributed by atoms with Crippen LogP contribution in [0.2, 0.25) is 0 Å². The van der Waals surface area contributed by atoms with Crippen molar-refractivity contribution in [2.45, 2.75) is 26.9 Å². The summed E-state index contributed by atoms with van der Waals surface area (Å²) in [5.74, 6) is 0.243. The van der Waals surface area contributed by atoms with Crippen molar-refractivity contribution in [1.29, 1.82) is 0 Å². The van der Waals surface area contributed by atoms with Gasteiger partial charge in [-0.3, -0.25) is 9.36 Å². The van der Waals surface area contributed by atoms with E-state index in [-0.39, 0.29) is 12.5 Å². The summed E-state index contributed by atoms with van der Waals surface area (Å²) in [5.41, 5.74) is 4.01. The molecule has 1 aromatic heterocycles. The van der Waals surface area contributed by atoms with Crippen LogP contribution in [0.5, 0.6) is 0 Å². The summed E-state index contributed by atoms with van der Waals surface area (Å²) in [6, 6.07) is 23.2. The number of aromatic nitrogens is 2. The number of anilines is 2. The van der Waals surface area contributed by atoms with Gasteiger partial charge in [0.1, 0.15) is 12.4 Å². The van der Waals surface area contributed by atoms with Crippen molar-refractivity contribution in [2.24, 2.45) is 0 Å². The number of fused-ring (bicyclic) bond motifs is 1. The highest BCUT2D eigenvalue weighted by Gasteiger charge is 2.14. The van der Waals surface area contributed by atoms with Crippen molar-refractivity contribution in [3.8, 4) is 0 Å². The molecular weight excluding hydrogens is 388 g/mol. The fourth-order valence-corrected chi connectivity index (χ4v) is 3.63. The molecule has 0 spiro atoms. The van der Waals surface area contributed by atoms with Crippen LogP contribution in [-0.4, -0.2) is 15.5 Å². The fourth-order valence-electron chi connectivity index (χ4n) is 3.63. The number of aryl methyl sites for hydroxylation is 2. The minimum atomic E-state index is -0.467. The van der Waals surface area contributed by atoms with E-state index in [1.54, 1.807) is 0 Å². The lowest BCUT2D eigenvalue weighted by Crippen LogP contribution is -2.30. The number of nitrogens with one attached hydrogen (secondary N) is 2. The van der Waals surface area contributed by atoms with E-state index in [0.717, 1.165) is 27.8 Å². The largest absolute Gasteiger partial charge is 0.365 e. The average molecular weight is 412 g/mol. The summed E-state index contributed by atoms with van der Waals surface area (Å²) < 4.78 is 1.41. The maximum Gasteiger partial charge on any atom is 0.350 e. The first-order valence-corrected chi connectivity index (χ1v) is 10.2. The van der Waals surface area contributed by atoms with Gasteiger partial charge in [-0.15, -0.1) is 0 Å². The molecule has 0 aliphatic heterocycles. The monoisotopic (exact) mass is 412 g/mol. The number of hydrogen-bond donors (Lipinski definition) is 2. The third-order valence-electron chi connectivity index (χ3n) is 5.24. The average Bonchev–Trinajstić information content (AvgIpc) is 2.78. The Kier molecular flexibility index (Phi) is 5.80. The molecule has 0 radical (unpaired) electrons. The van der Waals surface area contributed by atoms with Crippen LogP contribution < -0.4 is 16.3 Å². The molecule has 0 unspecified atom stereocenters. The summed E-state index contributed by atoms with van der Waals surface area (Å²) >= 11 is 0. The van der Waals surface area contributed by atoms with Gasteiger partial charge in [-0.2, -0.15) is 4.98 Å².